The molecule has 1 atom stereocenters. The Morgan fingerprint density at radius 3 is 2.21 bits per heavy atom. The van der Waals surface area contributed by atoms with E-state index in [0.29, 0.717) is 18.4 Å². The summed E-state index contributed by atoms with van der Waals surface area (Å²) in [6.07, 6.45) is 4.05. The van der Waals surface area contributed by atoms with E-state index in [1.54, 1.807) is 0 Å². The van der Waals surface area contributed by atoms with Gasteiger partial charge in [0.1, 0.15) is 17.3 Å². The van der Waals surface area contributed by atoms with Crippen LogP contribution < -0.4 is 5.32 Å². The summed E-state index contributed by atoms with van der Waals surface area (Å²) in [6.45, 7) is 0.432. The first-order chi connectivity index (χ1) is 18.4. The summed E-state index contributed by atoms with van der Waals surface area (Å²) >= 11 is 18.0. The minimum absolute atomic E-state index is 0.00993. The fourth-order valence-corrected chi connectivity index (χ4v) is 7.72. The van der Waals surface area contributed by atoms with Gasteiger partial charge in [-0.1, -0.05) is 46.9 Å². The van der Waals surface area contributed by atoms with Crippen LogP contribution in [0.4, 0.5) is 4.39 Å². The predicted molar refractivity (Wildman–Crippen MR) is 153 cm³/mol. The summed E-state index contributed by atoms with van der Waals surface area (Å²) in [5, 5.41) is 3.02. The van der Waals surface area contributed by atoms with E-state index in [0.717, 1.165) is 35.6 Å². The van der Waals surface area contributed by atoms with E-state index in [-0.39, 0.29) is 57.5 Å². The van der Waals surface area contributed by atoms with Crippen molar-refractivity contribution in [2.75, 3.05) is 47.4 Å². The minimum Gasteiger partial charge on any atom is -0.370 e. The van der Waals surface area contributed by atoms with Crippen molar-refractivity contribution in [1.82, 2.24) is 14.5 Å². The molecule has 0 bridgehead atoms. The van der Waals surface area contributed by atoms with Gasteiger partial charge in [-0.15, -0.1) is 0 Å². The number of likely N-dealkylation sites (N-methyl/N-ethyl adjacent to an activating group) is 1. The number of ether oxygens (including phenoxy) is 1. The standard InChI is InChI=1S/C27H35Cl3FN3O4S/c1-33(2)26(20-8-10-22(31)11-9-20)19-6-4-18(5-7-19)16-32-25(35)17-38-13-12-34(3)39(36,37)27-23(29)14-21(28)15-24(27)30/h8-11,14-15,18-19,26H,4-7,12-13,16-17H2,1-3H3,(H,32,35). The first kappa shape index (κ1) is 32.1. The van der Waals surface area contributed by atoms with Crippen LogP contribution in [0, 0.1) is 17.7 Å². The summed E-state index contributed by atoms with van der Waals surface area (Å²) in [6, 6.07) is 9.60. The molecule has 216 valence electrons. The number of rotatable bonds is 12. The zero-order valence-corrected chi connectivity index (χ0v) is 25.4. The number of amides is 1. The molecule has 0 aliphatic heterocycles. The van der Waals surface area contributed by atoms with Gasteiger partial charge in [-0.05, 0) is 81.4 Å². The van der Waals surface area contributed by atoms with Crippen molar-refractivity contribution in [2.45, 2.75) is 36.6 Å². The van der Waals surface area contributed by atoms with Gasteiger partial charge in [0.2, 0.25) is 15.9 Å². The number of halogens is 4. The first-order valence-electron chi connectivity index (χ1n) is 12.8. The number of sulfonamides is 1. The van der Waals surface area contributed by atoms with Crippen LogP contribution in [0.25, 0.3) is 0 Å². The number of nitrogens with one attached hydrogen (secondary N) is 1. The van der Waals surface area contributed by atoms with Gasteiger partial charge in [0.25, 0.3) is 0 Å². The Balaban J connectivity index is 1.38. The predicted octanol–water partition coefficient (Wildman–Crippen LogP) is 5.65. The van der Waals surface area contributed by atoms with Crippen LogP contribution in [0.3, 0.4) is 0 Å². The number of hydrogen-bond donors (Lipinski definition) is 1. The van der Waals surface area contributed by atoms with Gasteiger partial charge in [0.15, 0.2) is 0 Å². The molecule has 1 N–H and O–H groups in total. The summed E-state index contributed by atoms with van der Waals surface area (Å²) in [4.78, 5) is 14.3. The van der Waals surface area contributed by atoms with Gasteiger partial charge in [-0.3, -0.25) is 4.79 Å². The molecule has 2 aromatic rings. The highest BCUT2D eigenvalue weighted by Gasteiger charge is 2.30. The second-order valence-corrected chi connectivity index (χ2v) is 13.4. The molecule has 7 nitrogen and oxygen atoms in total. The number of benzene rings is 2. The molecule has 1 unspecified atom stereocenters. The Morgan fingerprint density at radius 1 is 1.05 bits per heavy atom. The van der Waals surface area contributed by atoms with Crippen molar-refractivity contribution in [3.63, 3.8) is 0 Å². The molecule has 3 rings (SSSR count). The maximum atomic E-state index is 13.4. The topological polar surface area (TPSA) is 79.0 Å². The maximum absolute atomic E-state index is 13.4. The van der Waals surface area contributed by atoms with Crippen LogP contribution in [0.2, 0.25) is 15.1 Å². The monoisotopic (exact) mass is 621 g/mol. The average Bonchev–Trinajstić information content (AvgIpc) is 2.86. The van der Waals surface area contributed by atoms with Crippen LogP contribution in [-0.4, -0.2) is 71.0 Å². The van der Waals surface area contributed by atoms with Crippen LogP contribution >= 0.6 is 34.8 Å². The number of hydrogen-bond acceptors (Lipinski definition) is 5. The Hall–Kier alpha value is -1.46. The van der Waals surface area contributed by atoms with Gasteiger partial charge < -0.3 is 15.0 Å². The van der Waals surface area contributed by atoms with Crippen LogP contribution in [0.1, 0.15) is 37.3 Å². The highest BCUT2D eigenvalue weighted by Crippen LogP contribution is 2.39. The Morgan fingerprint density at radius 2 is 1.64 bits per heavy atom. The smallest absolute Gasteiger partial charge is 0.246 e. The number of nitrogens with zero attached hydrogens (tertiary/aromatic N) is 2. The van der Waals surface area contributed by atoms with Crippen molar-refractivity contribution in [1.29, 1.82) is 0 Å². The quantitative estimate of drug-likeness (QED) is 0.310. The van der Waals surface area contributed by atoms with Crippen molar-refractivity contribution in [3.8, 4) is 0 Å². The Bertz CT molecular complexity index is 1200. The van der Waals surface area contributed by atoms with E-state index in [4.69, 9.17) is 39.5 Å². The average molecular weight is 623 g/mol. The molecule has 1 aliphatic carbocycles. The molecule has 2 aromatic carbocycles. The van der Waals surface area contributed by atoms with Gasteiger partial charge in [0, 0.05) is 31.2 Å². The molecule has 1 fully saturated rings. The molecular weight excluding hydrogens is 588 g/mol. The molecule has 0 heterocycles. The van der Waals surface area contributed by atoms with Gasteiger partial charge in [-0.25, -0.2) is 12.8 Å². The number of carbonyl (C=O) groups excluding carboxylic acids is 1. The molecule has 1 amide bonds. The molecule has 0 saturated heterocycles. The lowest BCUT2D eigenvalue weighted by Crippen LogP contribution is -2.36. The van der Waals surface area contributed by atoms with Crippen molar-refractivity contribution < 1.29 is 22.3 Å². The molecular formula is C27H35Cl3FN3O4S. The van der Waals surface area contributed by atoms with E-state index in [9.17, 15) is 17.6 Å². The van der Waals surface area contributed by atoms with Crippen LogP contribution in [-0.2, 0) is 19.6 Å². The Labute approximate surface area is 245 Å². The minimum atomic E-state index is -3.97. The van der Waals surface area contributed by atoms with Crippen molar-refractivity contribution >= 4 is 50.7 Å². The maximum Gasteiger partial charge on any atom is 0.246 e. The lowest BCUT2D eigenvalue weighted by atomic mass is 9.76. The lowest BCUT2D eigenvalue weighted by molar-refractivity contribution is -0.126. The van der Waals surface area contributed by atoms with E-state index < -0.39 is 10.0 Å². The lowest BCUT2D eigenvalue weighted by Gasteiger charge is -2.37. The third-order valence-corrected chi connectivity index (χ3v) is 10.1. The van der Waals surface area contributed by atoms with E-state index >= 15 is 0 Å². The van der Waals surface area contributed by atoms with Gasteiger partial charge in [-0.2, -0.15) is 4.31 Å². The molecule has 0 aromatic heterocycles. The summed E-state index contributed by atoms with van der Waals surface area (Å²) in [5.41, 5.74) is 1.12. The second kappa shape index (κ2) is 14.4. The van der Waals surface area contributed by atoms with E-state index in [1.165, 1.54) is 31.3 Å². The van der Waals surface area contributed by atoms with Crippen LogP contribution in [0.15, 0.2) is 41.3 Å². The fourth-order valence-electron chi connectivity index (χ4n) is 5.08. The SMILES string of the molecule is CN(C)C(c1ccc(F)cc1)C1CCC(CNC(=O)COCCN(C)S(=O)(=O)c2c(Cl)cc(Cl)cc2Cl)CC1. The summed E-state index contributed by atoms with van der Waals surface area (Å²) < 4.78 is 45.6. The zero-order valence-electron chi connectivity index (χ0n) is 22.3. The van der Waals surface area contributed by atoms with Gasteiger partial charge >= 0.3 is 0 Å². The molecule has 12 heteroatoms. The highest BCUT2D eigenvalue weighted by molar-refractivity contribution is 7.89. The number of carbonyl (C=O) groups is 1. The third-order valence-electron chi connectivity index (χ3n) is 7.11. The molecule has 0 radical (unpaired) electrons. The van der Waals surface area contributed by atoms with Crippen molar-refractivity contribution in [2.24, 2.45) is 11.8 Å². The van der Waals surface area contributed by atoms with Gasteiger partial charge in [0.05, 0.1) is 16.7 Å². The molecule has 1 saturated carbocycles. The molecule has 1 aliphatic rings. The van der Waals surface area contributed by atoms with Crippen molar-refractivity contribution in [3.05, 3.63) is 62.8 Å². The zero-order chi connectivity index (χ0) is 28.7. The molecule has 0 spiro atoms. The molecule has 39 heavy (non-hydrogen) atoms. The Kier molecular flexibility index (Phi) is 11.9. The van der Waals surface area contributed by atoms with Crippen LogP contribution in [0.5, 0.6) is 0 Å². The summed E-state index contributed by atoms with van der Waals surface area (Å²) in [5.74, 6) is 0.367. The first-order valence-corrected chi connectivity index (χ1v) is 15.3. The van der Waals surface area contributed by atoms with E-state index in [2.05, 4.69) is 24.3 Å². The summed E-state index contributed by atoms with van der Waals surface area (Å²) in [7, 11) is 1.52. The normalized spacial score (nSPS) is 18.9. The largest absolute Gasteiger partial charge is 0.370 e. The highest BCUT2D eigenvalue weighted by atomic mass is 35.5. The van der Waals surface area contributed by atoms with E-state index in [1.807, 2.05) is 12.1 Å². The second-order valence-electron chi connectivity index (χ2n) is 10.1. The fraction of sp³-hybridized carbons (Fsp3) is 0.519. The third kappa shape index (κ3) is 8.76.